The summed E-state index contributed by atoms with van der Waals surface area (Å²) in [5.41, 5.74) is 9.93. The lowest BCUT2D eigenvalue weighted by atomic mass is 10.0. The number of amides is 1. The Hall–Kier alpha value is -3.33. The summed E-state index contributed by atoms with van der Waals surface area (Å²) in [6, 6.07) is 15.8. The number of nitrogens with two attached hydrogens (primary N) is 1. The Bertz CT molecular complexity index is 1100. The largest absolute Gasteiger partial charge is 0.506 e. The van der Waals surface area contributed by atoms with E-state index in [1.807, 2.05) is 36.4 Å². The van der Waals surface area contributed by atoms with Crippen molar-refractivity contribution in [1.82, 2.24) is 5.43 Å². The van der Waals surface area contributed by atoms with Crippen LogP contribution in [0.3, 0.4) is 0 Å². The molecule has 3 aromatic rings. The zero-order valence-electron chi connectivity index (χ0n) is 14.2. The van der Waals surface area contributed by atoms with Crippen LogP contribution in [0.15, 0.2) is 59.7 Å². The minimum atomic E-state index is -0.428. The highest BCUT2D eigenvalue weighted by Gasteiger charge is 2.07. The molecule has 0 aliphatic heterocycles. The number of hydrogen-bond acceptors (Lipinski definition) is 4. The van der Waals surface area contributed by atoms with Gasteiger partial charge in [-0.2, -0.15) is 5.10 Å². The first kappa shape index (κ1) is 18.5. The first-order chi connectivity index (χ1) is 13.1. The third-order valence-corrected chi connectivity index (χ3v) is 4.17. The lowest BCUT2D eigenvalue weighted by Crippen LogP contribution is -2.17. The van der Waals surface area contributed by atoms with Crippen molar-refractivity contribution in [2.45, 2.75) is 0 Å². The molecule has 0 radical (unpaired) electrons. The van der Waals surface area contributed by atoms with E-state index in [1.54, 1.807) is 6.21 Å². The molecule has 4 N–H and O–H groups in total. The molecule has 0 bridgehead atoms. The number of carbonyl (C=O) groups is 1. The van der Waals surface area contributed by atoms with Gasteiger partial charge in [0.15, 0.2) is 0 Å². The highest BCUT2D eigenvalue weighted by molar-refractivity contribution is 6.32. The number of halogens is 1. The minimum Gasteiger partial charge on any atom is -0.506 e. The van der Waals surface area contributed by atoms with E-state index in [2.05, 4.69) is 22.4 Å². The monoisotopic (exact) mass is 377 g/mol. The Labute approximate surface area is 161 Å². The fraction of sp³-hybridized carbons (Fsp3) is 0.0476. The number of hydrazone groups is 1. The molecule has 27 heavy (non-hydrogen) atoms. The fourth-order valence-electron chi connectivity index (χ4n) is 2.56. The van der Waals surface area contributed by atoms with Crippen LogP contribution >= 0.6 is 11.6 Å². The molecule has 0 aliphatic rings. The second-order valence-corrected chi connectivity index (χ2v) is 6.03. The second kappa shape index (κ2) is 8.37. The number of aromatic hydroxyl groups is 1. The van der Waals surface area contributed by atoms with Crippen molar-refractivity contribution in [1.29, 1.82) is 0 Å². The Morgan fingerprint density at radius 1 is 1.19 bits per heavy atom. The van der Waals surface area contributed by atoms with Crippen molar-refractivity contribution in [2.75, 3.05) is 6.54 Å². The molecule has 6 heteroatoms. The molecular formula is C21H16ClN3O2. The average Bonchev–Trinajstić information content (AvgIpc) is 2.69. The summed E-state index contributed by atoms with van der Waals surface area (Å²) in [4.78, 5) is 12.1. The van der Waals surface area contributed by atoms with Crippen LogP contribution in [-0.4, -0.2) is 23.8 Å². The number of phenolic OH excluding ortho intramolecular Hbond substituents is 1. The summed E-state index contributed by atoms with van der Waals surface area (Å²) < 4.78 is 0. The van der Waals surface area contributed by atoms with E-state index in [9.17, 15) is 9.90 Å². The van der Waals surface area contributed by atoms with Gasteiger partial charge in [-0.05, 0) is 35.0 Å². The maximum atomic E-state index is 12.1. The second-order valence-electron chi connectivity index (χ2n) is 5.62. The van der Waals surface area contributed by atoms with Gasteiger partial charge in [0.2, 0.25) is 0 Å². The van der Waals surface area contributed by atoms with Crippen LogP contribution in [0.4, 0.5) is 0 Å². The standard InChI is InChI=1S/C21H16ClN3O2/c22-19-12-15(9-10-20(19)26)21(27)25-24-13-16-8-7-14(4-3-11-23)17-5-1-2-6-18(16)17/h1-2,5-10,12-13,26H,11,23H2,(H,25,27). The lowest BCUT2D eigenvalue weighted by molar-refractivity contribution is 0.0955. The van der Waals surface area contributed by atoms with Crippen LogP contribution in [0.1, 0.15) is 21.5 Å². The van der Waals surface area contributed by atoms with Crippen LogP contribution in [0.2, 0.25) is 5.02 Å². The first-order valence-electron chi connectivity index (χ1n) is 8.13. The van der Waals surface area contributed by atoms with Gasteiger partial charge in [-0.15, -0.1) is 0 Å². The molecule has 0 aliphatic carbocycles. The number of carbonyl (C=O) groups excluding carboxylic acids is 1. The fourth-order valence-corrected chi connectivity index (χ4v) is 2.74. The number of fused-ring (bicyclic) bond motifs is 1. The van der Waals surface area contributed by atoms with Crippen LogP contribution in [0.5, 0.6) is 5.75 Å². The highest BCUT2D eigenvalue weighted by Crippen LogP contribution is 2.24. The SMILES string of the molecule is NCC#Cc1ccc(C=NNC(=O)c2ccc(O)c(Cl)c2)c2ccccc12. The Kier molecular flexibility index (Phi) is 5.72. The molecule has 0 saturated carbocycles. The molecule has 3 aromatic carbocycles. The Morgan fingerprint density at radius 3 is 2.70 bits per heavy atom. The first-order valence-corrected chi connectivity index (χ1v) is 8.50. The number of rotatable bonds is 3. The van der Waals surface area contributed by atoms with E-state index < -0.39 is 5.91 Å². The maximum absolute atomic E-state index is 12.1. The van der Waals surface area contributed by atoms with E-state index in [1.165, 1.54) is 18.2 Å². The van der Waals surface area contributed by atoms with Gasteiger partial charge in [0.05, 0.1) is 17.8 Å². The molecule has 0 unspecified atom stereocenters. The smallest absolute Gasteiger partial charge is 0.271 e. The molecule has 0 fully saturated rings. The topological polar surface area (TPSA) is 87.7 Å². The number of hydrogen-bond donors (Lipinski definition) is 3. The van der Waals surface area contributed by atoms with Crippen molar-refractivity contribution in [3.05, 3.63) is 76.3 Å². The van der Waals surface area contributed by atoms with Gasteiger partial charge in [-0.1, -0.05) is 53.8 Å². The van der Waals surface area contributed by atoms with Crippen LogP contribution < -0.4 is 11.2 Å². The summed E-state index contributed by atoms with van der Waals surface area (Å²) in [7, 11) is 0. The molecule has 5 nitrogen and oxygen atoms in total. The third-order valence-electron chi connectivity index (χ3n) is 3.86. The summed E-state index contributed by atoms with van der Waals surface area (Å²) in [6.45, 7) is 0.296. The van der Waals surface area contributed by atoms with E-state index in [4.69, 9.17) is 17.3 Å². The van der Waals surface area contributed by atoms with Gasteiger partial charge in [0.25, 0.3) is 5.91 Å². The Morgan fingerprint density at radius 2 is 1.96 bits per heavy atom. The zero-order chi connectivity index (χ0) is 19.2. The van der Waals surface area contributed by atoms with Gasteiger partial charge in [-0.3, -0.25) is 4.79 Å². The van der Waals surface area contributed by atoms with Gasteiger partial charge >= 0.3 is 0 Å². The molecule has 1 amide bonds. The van der Waals surface area contributed by atoms with E-state index >= 15 is 0 Å². The molecule has 134 valence electrons. The molecule has 0 saturated heterocycles. The van der Waals surface area contributed by atoms with Crippen molar-refractivity contribution in [3.63, 3.8) is 0 Å². The summed E-state index contributed by atoms with van der Waals surface area (Å²) in [6.07, 6.45) is 1.57. The highest BCUT2D eigenvalue weighted by atomic mass is 35.5. The molecule has 0 atom stereocenters. The van der Waals surface area contributed by atoms with Crippen LogP contribution in [-0.2, 0) is 0 Å². The maximum Gasteiger partial charge on any atom is 0.271 e. The molecule has 0 heterocycles. The normalized spacial score (nSPS) is 10.6. The van der Waals surface area contributed by atoms with E-state index in [-0.39, 0.29) is 10.8 Å². The average molecular weight is 378 g/mol. The van der Waals surface area contributed by atoms with Gasteiger partial charge in [0.1, 0.15) is 5.75 Å². The number of nitrogens with zero attached hydrogens (tertiary/aromatic N) is 1. The van der Waals surface area contributed by atoms with Crippen molar-refractivity contribution >= 4 is 34.5 Å². The van der Waals surface area contributed by atoms with Crippen molar-refractivity contribution in [2.24, 2.45) is 10.8 Å². The number of nitrogens with one attached hydrogen (secondary N) is 1. The van der Waals surface area contributed by atoms with Crippen molar-refractivity contribution < 1.29 is 9.90 Å². The van der Waals surface area contributed by atoms with Crippen LogP contribution in [0, 0.1) is 11.8 Å². The van der Waals surface area contributed by atoms with Gasteiger partial charge in [0, 0.05) is 16.7 Å². The molecule has 3 rings (SSSR count). The van der Waals surface area contributed by atoms with E-state index in [0.29, 0.717) is 12.1 Å². The van der Waals surface area contributed by atoms with Gasteiger partial charge in [-0.25, -0.2) is 5.43 Å². The van der Waals surface area contributed by atoms with Gasteiger partial charge < -0.3 is 10.8 Å². The van der Waals surface area contributed by atoms with E-state index in [0.717, 1.165) is 21.9 Å². The third kappa shape index (κ3) is 4.26. The van der Waals surface area contributed by atoms with Crippen LogP contribution in [0.25, 0.3) is 10.8 Å². The number of benzene rings is 3. The quantitative estimate of drug-likeness (QED) is 0.372. The minimum absolute atomic E-state index is 0.0824. The summed E-state index contributed by atoms with van der Waals surface area (Å²) in [5, 5.41) is 15.5. The number of phenols is 1. The predicted molar refractivity (Wildman–Crippen MR) is 108 cm³/mol. The molecule has 0 spiro atoms. The predicted octanol–water partition coefficient (Wildman–Crippen LogP) is 3.27. The molecular weight excluding hydrogens is 362 g/mol. The van der Waals surface area contributed by atoms with Crippen molar-refractivity contribution in [3.8, 4) is 17.6 Å². The summed E-state index contributed by atoms with van der Waals surface area (Å²) >= 11 is 5.82. The Balaban J connectivity index is 1.84. The lowest BCUT2D eigenvalue weighted by Gasteiger charge is -2.05. The zero-order valence-corrected chi connectivity index (χ0v) is 15.0. The summed E-state index contributed by atoms with van der Waals surface area (Å²) in [5.74, 6) is 5.41. The molecule has 0 aromatic heterocycles.